The van der Waals surface area contributed by atoms with Crippen LogP contribution in [0.2, 0.25) is 0 Å². The second-order valence-corrected chi connectivity index (χ2v) is 10.1. The van der Waals surface area contributed by atoms with E-state index in [1.54, 1.807) is 23.1 Å². The van der Waals surface area contributed by atoms with Crippen molar-refractivity contribution in [3.05, 3.63) is 90.0 Å². The fourth-order valence-corrected chi connectivity index (χ4v) is 5.41. The number of thioether (sulfide) groups is 1. The molecule has 0 N–H and O–H groups in total. The molecule has 0 spiro atoms. The van der Waals surface area contributed by atoms with Gasteiger partial charge in [0.25, 0.3) is 0 Å². The Bertz CT molecular complexity index is 1150. The van der Waals surface area contributed by atoms with E-state index in [0.29, 0.717) is 13.0 Å². The van der Waals surface area contributed by atoms with Crippen molar-refractivity contribution in [2.24, 2.45) is 0 Å². The maximum absolute atomic E-state index is 13.8. The number of thiazole rings is 1. The zero-order valence-corrected chi connectivity index (χ0v) is 20.9. The Hall–Kier alpha value is -2.67. The molecule has 33 heavy (non-hydrogen) atoms. The SMILES string of the molecule is CSc1ccc2nc(N(CCN(C)C)C(=O)CC(c3ccccc3)c3ccccc3)sc2c1. The number of hydrogen-bond acceptors (Lipinski definition) is 5. The van der Waals surface area contributed by atoms with Crippen LogP contribution >= 0.6 is 23.1 Å². The average Bonchev–Trinajstić information content (AvgIpc) is 3.26. The first-order chi connectivity index (χ1) is 16.0. The summed E-state index contributed by atoms with van der Waals surface area (Å²) in [6.07, 6.45) is 2.47. The number of anilines is 1. The van der Waals surface area contributed by atoms with Crippen molar-refractivity contribution in [3.63, 3.8) is 0 Å². The lowest BCUT2D eigenvalue weighted by Crippen LogP contribution is -2.37. The molecule has 1 heterocycles. The smallest absolute Gasteiger partial charge is 0.229 e. The zero-order valence-electron chi connectivity index (χ0n) is 19.3. The molecular weight excluding hydrogens is 446 g/mol. The molecule has 3 aromatic carbocycles. The van der Waals surface area contributed by atoms with Gasteiger partial charge in [0.05, 0.1) is 10.2 Å². The van der Waals surface area contributed by atoms with Crippen molar-refractivity contribution in [2.45, 2.75) is 17.2 Å². The standard InChI is InChI=1S/C27H29N3OS2/c1-29(2)16-17-30(27-28-24-15-14-22(32-3)18-25(24)33-27)26(31)19-23(20-10-6-4-7-11-20)21-12-8-5-9-13-21/h4-15,18,23H,16-17,19H2,1-3H3. The maximum Gasteiger partial charge on any atom is 0.229 e. The fourth-order valence-electron chi connectivity index (χ4n) is 3.85. The van der Waals surface area contributed by atoms with Crippen LogP contribution in [-0.4, -0.2) is 49.2 Å². The van der Waals surface area contributed by atoms with Gasteiger partial charge >= 0.3 is 0 Å². The van der Waals surface area contributed by atoms with Gasteiger partial charge in [0, 0.05) is 30.3 Å². The molecule has 0 radical (unpaired) electrons. The summed E-state index contributed by atoms with van der Waals surface area (Å²) in [5, 5.41) is 0.773. The highest BCUT2D eigenvalue weighted by atomic mass is 32.2. The van der Waals surface area contributed by atoms with E-state index in [1.165, 1.54) is 4.90 Å². The molecule has 0 fully saturated rings. The largest absolute Gasteiger partial charge is 0.308 e. The predicted molar refractivity (Wildman–Crippen MR) is 142 cm³/mol. The van der Waals surface area contributed by atoms with E-state index in [2.05, 4.69) is 47.6 Å². The lowest BCUT2D eigenvalue weighted by atomic mass is 9.88. The Kier molecular flexibility index (Phi) is 7.81. The summed E-state index contributed by atoms with van der Waals surface area (Å²) in [4.78, 5) is 23.8. The topological polar surface area (TPSA) is 36.4 Å². The van der Waals surface area contributed by atoms with E-state index in [9.17, 15) is 4.79 Å². The van der Waals surface area contributed by atoms with E-state index < -0.39 is 0 Å². The van der Waals surface area contributed by atoms with Gasteiger partial charge in [0.1, 0.15) is 0 Å². The summed E-state index contributed by atoms with van der Waals surface area (Å²) in [6.45, 7) is 1.39. The van der Waals surface area contributed by atoms with E-state index in [4.69, 9.17) is 4.98 Å². The highest BCUT2D eigenvalue weighted by molar-refractivity contribution is 7.98. The van der Waals surface area contributed by atoms with E-state index in [0.717, 1.165) is 33.0 Å². The predicted octanol–water partition coefficient (Wildman–Crippen LogP) is 6.14. The van der Waals surface area contributed by atoms with E-state index in [-0.39, 0.29) is 11.8 Å². The first-order valence-corrected chi connectivity index (χ1v) is 13.1. The summed E-state index contributed by atoms with van der Waals surface area (Å²) in [6, 6.07) is 26.9. The number of fused-ring (bicyclic) bond motifs is 1. The van der Waals surface area contributed by atoms with Gasteiger partial charge in [-0.25, -0.2) is 4.98 Å². The highest BCUT2D eigenvalue weighted by Crippen LogP contribution is 2.34. The van der Waals surface area contributed by atoms with E-state index >= 15 is 0 Å². The Morgan fingerprint density at radius 3 is 2.15 bits per heavy atom. The quantitative estimate of drug-likeness (QED) is 0.273. The fraction of sp³-hybridized carbons (Fsp3) is 0.259. The van der Waals surface area contributed by atoms with Crippen LogP contribution in [0.5, 0.6) is 0 Å². The van der Waals surface area contributed by atoms with Gasteiger partial charge < -0.3 is 4.90 Å². The number of nitrogens with zero attached hydrogens (tertiary/aromatic N) is 3. The average molecular weight is 476 g/mol. The van der Waals surface area contributed by atoms with Crippen molar-refractivity contribution in [3.8, 4) is 0 Å². The lowest BCUT2D eigenvalue weighted by Gasteiger charge is -2.25. The third-order valence-electron chi connectivity index (χ3n) is 5.67. The number of likely N-dealkylation sites (N-methyl/N-ethyl adjacent to an activating group) is 1. The molecule has 0 bridgehead atoms. The molecule has 0 unspecified atom stereocenters. The van der Waals surface area contributed by atoms with Crippen LogP contribution in [0.4, 0.5) is 5.13 Å². The number of rotatable bonds is 9. The van der Waals surface area contributed by atoms with Crippen molar-refractivity contribution >= 4 is 44.4 Å². The molecule has 6 heteroatoms. The Morgan fingerprint density at radius 2 is 1.58 bits per heavy atom. The number of carbonyl (C=O) groups is 1. The molecular formula is C27H29N3OS2. The maximum atomic E-state index is 13.8. The van der Waals surface area contributed by atoms with Gasteiger partial charge in [-0.2, -0.15) is 0 Å². The monoisotopic (exact) mass is 475 g/mol. The number of benzene rings is 3. The van der Waals surface area contributed by atoms with Crippen molar-refractivity contribution in [2.75, 3.05) is 38.3 Å². The lowest BCUT2D eigenvalue weighted by molar-refractivity contribution is -0.118. The molecule has 1 amide bonds. The molecule has 0 saturated heterocycles. The van der Waals surface area contributed by atoms with Gasteiger partial charge in [-0.05, 0) is 49.7 Å². The Labute approximate surface area is 204 Å². The first-order valence-electron chi connectivity index (χ1n) is 11.0. The van der Waals surface area contributed by atoms with Crippen LogP contribution in [0.25, 0.3) is 10.2 Å². The molecule has 4 nitrogen and oxygen atoms in total. The zero-order chi connectivity index (χ0) is 23.2. The minimum Gasteiger partial charge on any atom is -0.308 e. The van der Waals surface area contributed by atoms with Gasteiger partial charge in [0.15, 0.2) is 5.13 Å². The second-order valence-electron chi connectivity index (χ2n) is 8.26. The Balaban J connectivity index is 1.67. The minimum absolute atomic E-state index is 0.000714. The second kappa shape index (κ2) is 11.0. The number of amides is 1. The van der Waals surface area contributed by atoms with Crippen LogP contribution in [-0.2, 0) is 4.79 Å². The summed E-state index contributed by atoms with van der Waals surface area (Å²) >= 11 is 3.31. The number of carbonyl (C=O) groups excluding carboxylic acids is 1. The van der Waals surface area contributed by atoms with Crippen molar-refractivity contribution in [1.29, 1.82) is 0 Å². The number of hydrogen-bond donors (Lipinski definition) is 0. The van der Waals surface area contributed by atoms with Gasteiger partial charge in [0.2, 0.25) is 5.91 Å². The number of aromatic nitrogens is 1. The Morgan fingerprint density at radius 1 is 0.939 bits per heavy atom. The van der Waals surface area contributed by atoms with Crippen LogP contribution in [0.3, 0.4) is 0 Å². The molecule has 170 valence electrons. The van der Waals surface area contributed by atoms with E-state index in [1.807, 2.05) is 61.5 Å². The highest BCUT2D eigenvalue weighted by Gasteiger charge is 2.25. The molecule has 0 aliphatic rings. The normalized spacial score (nSPS) is 11.4. The molecule has 0 saturated carbocycles. The van der Waals surface area contributed by atoms with Crippen LogP contribution < -0.4 is 4.90 Å². The van der Waals surface area contributed by atoms with Crippen LogP contribution in [0, 0.1) is 0 Å². The molecule has 4 aromatic rings. The van der Waals surface area contributed by atoms with Gasteiger partial charge in [-0.1, -0.05) is 72.0 Å². The summed E-state index contributed by atoms with van der Waals surface area (Å²) in [5.74, 6) is 0.0953. The van der Waals surface area contributed by atoms with Crippen molar-refractivity contribution in [1.82, 2.24) is 9.88 Å². The first kappa shape index (κ1) is 23.5. The van der Waals surface area contributed by atoms with Crippen LogP contribution in [0.15, 0.2) is 83.8 Å². The summed E-state index contributed by atoms with van der Waals surface area (Å²) < 4.78 is 1.11. The minimum atomic E-state index is -0.000714. The molecule has 0 aliphatic heterocycles. The third kappa shape index (κ3) is 5.82. The van der Waals surface area contributed by atoms with Crippen molar-refractivity contribution < 1.29 is 4.79 Å². The molecule has 0 atom stereocenters. The summed E-state index contributed by atoms with van der Waals surface area (Å²) in [7, 11) is 4.06. The van der Waals surface area contributed by atoms with Gasteiger partial charge in [-0.3, -0.25) is 9.69 Å². The molecule has 4 rings (SSSR count). The van der Waals surface area contributed by atoms with Gasteiger partial charge in [-0.15, -0.1) is 11.8 Å². The molecule has 1 aromatic heterocycles. The summed E-state index contributed by atoms with van der Waals surface area (Å²) in [5.41, 5.74) is 3.25. The van der Waals surface area contributed by atoms with Crippen LogP contribution in [0.1, 0.15) is 23.5 Å². The third-order valence-corrected chi connectivity index (χ3v) is 7.44. The molecule has 0 aliphatic carbocycles.